The molecule has 0 aromatic carbocycles. The SMILES string of the molecule is NC(=O)CC1(N2CCC(OC(=O)N3CCN(C4CCC4)CC3)CC2)C=C1. The van der Waals surface area contributed by atoms with E-state index in [-0.39, 0.29) is 23.6 Å². The number of piperazine rings is 1. The Bertz CT molecular complexity index is 567. The number of amides is 2. The molecule has 4 rings (SSSR count). The van der Waals surface area contributed by atoms with Gasteiger partial charge < -0.3 is 15.4 Å². The lowest BCUT2D eigenvalue weighted by Gasteiger charge is -2.43. The van der Waals surface area contributed by atoms with Crippen LogP contribution in [0.15, 0.2) is 12.2 Å². The van der Waals surface area contributed by atoms with Gasteiger partial charge in [-0.1, -0.05) is 18.6 Å². The summed E-state index contributed by atoms with van der Waals surface area (Å²) in [5, 5.41) is 0. The largest absolute Gasteiger partial charge is 0.446 e. The third-order valence-corrected chi connectivity index (χ3v) is 6.47. The Morgan fingerprint density at radius 2 is 1.65 bits per heavy atom. The zero-order valence-corrected chi connectivity index (χ0v) is 15.4. The van der Waals surface area contributed by atoms with Gasteiger partial charge in [0.2, 0.25) is 5.91 Å². The highest BCUT2D eigenvalue weighted by molar-refractivity contribution is 5.77. The van der Waals surface area contributed by atoms with Crippen molar-refractivity contribution in [2.24, 2.45) is 5.73 Å². The first-order valence-electron chi connectivity index (χ1n) is 9.99. The highest BCUT2D eigenvalue weighted by Crippen LogP contribution is 2.37. The van der Waals surface area contributed by atoms with Crippen LogP contribution in [0.3, 0.4) is 0 Å². The molecule has 2 aliphatic carbocycles. The van der Waals surface area contributed by atoms with Crippen molar-refractivity contribution < 1.29 is 14.3 Å². The minimum absolute atomic E-state index is 0.0206. The Morgan fingerprint density at radius 3 is 2.15 bits per heavy atom. The second-order valence-electron chi connectivity index (χ2n) is 8.15. The number of likely N-dealkylation sites (tertiary alicyclic amines) is 1. The van der Waals surface area contributed by atoms with Crippen molar-refractivity contribution in [2.45, 2.75) is 56.2 Å². The van der Waals surface area contributed by atoms with Crippen LogP contribution < -0.4 is 5.73 Å². The van der Waals surface area contributed by atoms with Gasteiger partial charge in [-0.3, -0.25) is 14.6 Å². The molecule has 4 aliphatic rings. The van der Waals surface area contributed by atoms with Crippen molar-refractivity contribution in [2.75, 3.05) is 39.3 Å². The number of ether oxygens (including phenoxy) is 1. The van der Waals surface area contributed by atoms with Crippen LogP contribution in [0.25, 0.3) is 0 Å². The van der Waals surface area contributed by atoms with E-state index in [9.17, 15) is 9.59 Å². The Hall–Kier alpha value is -1.60. The normalized spacial score (nSPS) is 27.2. The number of hydrogen-bond acceptors (Lipinski definition) is 5. The molecule has 2 N–H and O–H groups in total. The van der Waals surface area contributed by atoms with Crippen LogP contribution in [0.1, 0.15) is 38.5 Å². The zero-order valence-electron chi connectivity index (χ0n) is 15.4. The van der Waals surface area contributed by atoms with Crippen LogP contribution >= 0.6 is 0 Å². The summed E-state index contributed by atoms with van der Waals surface area (Å²) < 4.78 is 5.76. The summed E-state index contributed by atoms with van der Waals surface area (Å²) in [4.78, 5) is 30.4. The first-order valence-corrected chi connectivity index (χ1v) is 9.99. The third kappa shape index (κ3) is 3.74. The van der Waals surface area contributed by atoms with Gasteiger partial charge in [-0.25, -0.2) is 4.79 Å². The standard InChI is InChI=1S/C19H30N4O3/c20-17(24)14-19(6-7-19)23-8-4-16(5-9-23)26-18(25)22-12-10-21(11-13-22)15-2-1-3-15/h6-7,15-16H,1-5,8-14H2,(H2,20,24). The Balaban J connectivity index is 1.19. The van der Waals surface area contributed by atoms with Crippen LogP contribution in [-0.2, 0) is 9.53 Å². The van der Waals surface area contributed by atoms with E-state index in [0.717, 1.165) is 58.2 Å². The molecule has 0 radical (unpaired) electrons. The molecule has 7 heteroatoms. The van der Waals surface area contributed by atoms with E-state index in [1.165, 1.54) is 19.3 Å². The lowest BCUT2D eigenvalue weighted by atomic mass is 9.91. The lowest BCUT2D eigenvalue weighted by molar-refractivity contribution is -0.119. The van der Waals surface area contributed by atoms with Crippen LogP contribution in [0.2, 0.25) is 0 Å². The van der Waals surface area contributed by atoms with Crippen LogP contribution in [0, 0.1) is 0 Å². The van der Waals surface area contributed by atoms with Crippen molar-refractivity contribution in [3.05, 3.63) is 12.2 Å². The van der Waals surface area contributed by atoms with Crippen LogP contribution in [-0.4, -0.2) is 83.7 Å². The molecule has 1 saturated carbocycles. The predicted octanol–water partition coefficient (Wildman–Crippen LogP) is 0.942. The first kappa shape index (κ1) is 17.8. The summed E-state index contributed by atoms with van der Waals surface area (Å²) in [5.41, 5.74) is 5.12. The number of nitrogens with two attached hydrogens (primary N) is 1. The zero-order chi connectivity index (χ0) is 18.1. The second-order valence-corrected chi connectivity index (χ2v) is 8.15. The molecule has 7 nitrogen and oxygen atoms in total. The monoisotopic (exact) mass is 362 g/mol. The Kier molecular flexibility index (Phi) is 4.92. The van der Waals surface area contributed by atoms with Crippen LogP contribution in [0.5, 0.6) is 0 Å². The number of carbonyl (C=O) groups is 2. The molecular weight excluding hydrogens is 332 g/mol. The molecule has 0 aromatic heterocycles. The molecule has 2 aliphatic heterocycles. The van der Waals surface area contributed by atoms with Gasteiger partial charge in [0.25, 0.3) is 0 Å². The summed E-state index contributed by atoms with van der Waals surface area (Å²) in [7, 11) is 0. The third-order valence-electron chi connectivity index (χ3n) is 6.47. The minimum Gasteiger partial charge on any atom is -0.446 e. The van der Waals surface area contributed by atoms with Crippen molar-refractivity contribution in [3.8, 4) is 0 Å². The molecule has 144 valence electrons. The number of primary amides is 1. The maximum atomic E-state index is 12.5. The molecule has 2 amide bonds. The van der Waals surface area contributed by atoms with Gasteiger partial charge in [-0.15, -0.1) is 0 Å². The number of rotatable bonds is 5. The molecule has 0 spiro atoms. The molecule has 0 aromatic rings. The Morgan fingerprint density at radius 1 is 1.00 bits per heavy atom. The molecule has 0 unspecified atom stereocenters. The van der Waals surface area contributed by atoms with Crippen molar-refractivity contribution >= 4 is 12.0 Å². The van der Waals surface area contributed by atoms with E-state index < -0.39 is 0 Å². The average Bonchev–Trinajstić information content (AvgIpc) is 3.34. The van der Waals surface area contributed by atoms with Gasteiger partial charge in [0, 0.05) is 45.3 Å². The summed E-state index contributed by atoms with van der Waals surface area (Å²) >= 11 is 0. The number of carbonyl (C=O) groups excluding carboxylic acids is 2. The van der Waals surface area contributed by atoms with E-state index in [1.54, 1.807) is 0 Å². The molecule has 26 heavy (non-hydrogen) atoms. The van der Waals surface area contributed by atoms with Gasteiger partial charge in [0.15, 0.2) is 0 Å². The highest BCUT2D eigenvalue weighted by atomic mass is 16.6. The van der Waals surface area contributed by atoms with Crippen LogP contribution in [0.4, 0.5) is 4.79 Å². The molecule has 2 heterocycles. The number of piperidine rings is 1. The summed E-state index contributed by atoms with van der Waals surface area (Å²) in [6.07, 6.45) is 9.87. The fraction of sp³-hybridized carbons (Fsp3) is 0.789. The van der Waals surface area contributed by atoms with E-state index in [4.69, 9.17) is 10.5 Å². The van der Waals surface area contributed by atoms with Gasteiger partial charge in [0.1, 0.15) is 6.10 Å². The maximum Gasteiger partial charge on any atom is 0.410 e. The van der Waals surface area contributed by atoms with Gasteiger partial charge in [-0.05, 0) is 25.7 Å². The number of hydrogen-bond donors (Lipinski definition) is 1. The molecule has 0 atom stereocenters. The molecule has 3 fully saturated rings. The quantitative estimate of drug-likeness (QED) is 0.737. The topological polar surface area (TPSA) is 79.1 Å². The molecule has 0 bridgehead atoms. The number of nitrogens with zero attached hydrogens (tertiary/aromatic N) is 3. The van der Waals surface area contributed by atoms with Gasteiger partial charge in [0.05, 0.1) is 12.0 Å². The minimum atomic E-state index is -0.274. The predicted molar refractivity (Wildman–Crippen MR) is 97.5 cm³/mol. The van der Waals surface area contributed by atoms with Gasteiger partial charge >= 0.3 is 6.09 Å². The summed E-state index contributed by atoms with van der Waals surface area (Å²) in [6, 6.07) is 0.751. The van der Waals surface area contributed by atoms with E-state index >= 15 is 0 Å². The van der Waals surface area contributed by atoms with E-state index in [1.807, 2.05) is 17.1 Å². The molecule has 2 saturated heterocycles. The van der Waals surface area contributed by atoms with E-state index in [0.29, 0.717) is 6.42 Å². The average molecular weight is 362 g/mol. The molecular formula is C19H30N4O3. The van der Waals surface area contributed by atoms with Gasteiger partial charge in [-0.2, -0.15) is 0 Å². The fourth-order valence-electron chi connectivity index (χ4n) is 4.44. The van der Waals surface area contributed by atoms with Crippen molar-refractivity contribution in [3.63, 3.8) is 0 Å². The smallest absolute Gasteiger partial charge is 0.410 e. The maximum absolute atomic E-state index is 12.5. The second kappa shape index (κ2) is 7.19. The summed E-state index contributed by atoms with van der Waals surface area (Å²) in [6.45, 7) is 5.15. The van der Waals surface area contributed by atoms with Crippen molar-refractivity contribution in [1.29, 1.82) is 0 Å². The van der Waals surface area contributed by atoms with Crippen molar-refractivity contribution in [1.82, 2.24) is 14.7 Å². The van der Waals surface area contributed by atoms with E-state index in [2.05, 4.69) is 9.80 Å². The lowest BCUT2D eigenvalue weighted by Crippen LogP contribution is -2.54. The highest BCUT2D eigenvalue weighted by Gasteiger charge is 2.43. The first-order chi connectivity index (χ1) is 12.6. The summed E-state index contributed by atoms with van der Waals surface area (Å²) in [5.74, 6) is -0.274. The fourth-order valence-corrected chi connectivity index (χ4v) is 4.44. The Labute approximate surface area is 155 Å².